The molecular formula is C24H31N3O4. The van der Waals surface area contributed by atoms with Gasteiger partial charge in [0.25, 0.3) is 0 Å². The Labute approximate surface area is 183 Å². The first-order valence-electron chi connectivity index (χ1n) is 10.7. The molecule has 0 radical (unpaired) electrons. The predicted octanol–water partition coefficient (Wildman–Crippen LogP) is 3.09. The van der Waals surface area contributed by atoms with Crippen molar-refractivity contribution >= 4 is 23.2 Å². The van der Waals surface area contributed by atoms with Crippen LogP contribution in [0.15, 0.2) is 48.5 Å². The van der Waals surface area contributed by atoms with Gasteiger partial charge in [0.2, 0.25) is 11.8 Å². The van der Waals surface area contributed by atoms with Gasteiger partial charge in [-0.05, 0) is 37.6 Å². The van der Waals surface area contributed by atoms with Crippen molar-refractivity contribution in [3.63, 3.8) is 0 Å². The highest BCUT2D eigenvalue weighted by Crippen LogP contribution is 2.34. The minimum Gasteiger partial charge on any atom is -0.493 e. The number of amides is 2. The summed E-state index contributed by atoms with van der Waals surface area (Å²) in [5.41, 5.74) is 1.89. The fourth-order valence-corrected chi connectivity index (χ4v) is 3.86. The molecule has 0 saturated carbocycles. The molecule has 1 saturated heterocycles. The highest BCUT2D eigenvalue weighted by atomic mass is 16.5. The van der Waals surface area contributed by atoms with Gasteiger partial charge in [-0.15, -0.1) is 0 Å². The van der Waals surface area contributed by atoms with Crippen LogP contribution >= 0.6 is 0 Å². The molecule has 7 nitrogen and oxygen atoms in total. The van der Waals surface area contributed by atoms with Crippen LogP contribution in [0.25, 0.3) is 0 Å². The van der Waals surface area contributed by atoms with E-state index >= 15 is 0 Å². The Hall–Kier alpha value is -3.22. The van der Waals surface area contributed by atoms with E-state index in [0.717, 1.165) is 19.5 Å². The molecule has 0 aromatic heterocycles. The number of benzene rings is 2. The van der Waals surface area contributed by atoms with Crippen molar-refractivity contribution in [2.45, 2.75) is 19.8 Å². The molecule has 0 bridgehead atoms. The highest BCUT2D eigenvalue weighted by molar-refractivity contribution is 6.00. The molecule has 166 valence electrons. The van der Waals surface area contributed by atoms with Crippen molar-refractivity contribution in [2.75, 3.05) is 50.2 Å². The summed E-state index contributed by atoms with van der Waals surface area (Å²) in [5.74, 6) is 0.674. The summed E-state index contributed by atoms with van der Waals surface area (Å²) in [6.07, 6.45) is 1.06. The summed E-state index contributed by atoms with van der Waals surface area (Å²) in [5, 5.41) is 3.00. The molecule has 1 N–H and O–H groups in total. The number of ether oxygens (including phenoxy) is 2. The molecule has 1 fully saturated rings. The van der Waals surface area contributed by atoms with E-state index in [2.05, 4.69) is 29.3 Å². The van der Waals surface area contributed by atoms with E-state index in [9.17, 15) is 9.59 Å². The van der Waals surface area contributed by atoms with Gasteiger partial charge in [-0.1, -0.05) is 18.2 Å². The quantitative estimate of drug-likeness (QED) is 0.593. The van der Waals surface area contributed by atoms with Crippen LogP contribution in [-0.4, -0.2) is 52.2 Å². The van der Waals surface area contributed by atoms with Crippen LogP contribution in [0.5, 0.6) is 11.5 Å². The first-order valence-corrected chi connectivity index (χ1v) is 10.7. The van der Waals surface area contributed by atoms with Gasteiger partial charge in [0.05, 0.1) is 20.1 Å². The molecule has 1 aliphatic heterocycles. The van der Waals surface area contributed by atoms with E-state index < -0.39 is 0 Å². The average Bonchev–Trinajstić information content (AvgIpc) is 3.20. The Morgan fingerprint density at radius 2 is 1.87 bits per heavy atom. The maximum atomic E-state index is 12.6. The van der Waals surface area contributed by atoms with Gasteiger partial charge in [0.15, 0.2) is 11.5 Å². The summed E-state index contributed by atoms with van der Waals surface area (Å²) in [6, 6.07) is 15.6. The zero-order valence-corrected chi connectivity index (χ0v) is 18.5. The van der Waals surface area contributed by atoms with E-state index in [0.29, 0.717) is 30.3 Å². The third-order valence-electron chi connectivity index (χ3n) is 5.58. The van der Waals surface area contributed by atoms with E-state index in [-0.39, 0.29) is 24.2 Å². The number of para-hydroxylation sites is 1. The molecule has 1 atom stereocenters. The van der Waals surface area contributed by atoms with Crippen LogP contribution in [0, 0.1) is 5.92 Å². The molecule has 2 aromatic rings. The number of anilines is 2. The zero-order valence-electron chi connectivity index (χ0n) is 18.5. The topological polar surface area (TPSA) is 71.1 Å². The lowest BCUT2D eigenvalue weighted by Crippen LogP contribution is -2.35. The second-order valence-electron chi connectivity index (χ2n) is 7.50. The molecular weight excluding hydrogens is 394 g/mol. The van der Waals surface area contributed by atoms with Gasteiger partial charge in [-0.25, -0.2) is 0 Å². The molecule has 1 aliphatic rings. The molecule has 1 unspecified atom stereocenters. The first kappa shape index (κ1) is 22.5. The van der Waals surface area contributed by atoms with Crippen molar-refractivity contribution in [3.8, 4) is 11.5 Å². The minimum atomic E-state index is -0.350. The molecule has 0 aliphatic carbocycles. The second kappa shape index (κ2) is 10.7. The second-order valence-corrected chi connectivity index (χ2v) is 7.50. The molecule has 2 aromatic carbocycles. The van der Waals surface area contributed by atoms with Crippen molar-refractivity contribution in [1.29, 1.82) is 0 Å². The summed E-state index contributed by atoms with van der Waals surface area (Å²) >= 11 is 0. The van der Waals surface area contributed by atoms with Gasteiger partial charge in [0, 0.05) is 50.0 Å². The smallest absolute Gasteiger partial charge is 0.227 e. The fourth-order valence-electron chi connectivity index (χ4n) is 3.86. The van der Waals surface area contributed by atoms with Gasteiger partial charge >= 0.3 is 0 Å². The number of nitrogens with zero attached hydrogens (tertiary/aromatic N) is 2. The normalized spacial score (nSPS) is 15.6. The first-order chi connectivity index (χ1) is 15.1. The maximum absolute atomic E-state index is 12.6. The number of nitrogens with one attached hydrogen (secondary N) is 1. The standard InChI is InChI=1S/C24H31N3O4/c1-4-26(19-9-6-5-7-10-19)14-8-13-25-24(29)18-15-23(28)27(17-18)20-11-12-21(30-2)22(16-20)31-3/h5-7,9-12,16,18H,4,8,13-15,17H2,1-3H3,(H,25,29). The minimum absolute atomic E-state index is 0.0615. The van der Waals surface area contributed by atoms with Crippen molar-refractivity contribution in [3.05, 3.63) is 48.5 Å². The Balaban J connectivity index is 1.50. The zero-order chi connectivity index (χ0) is 22.2. The van der Waals surface area contributed by atoms with Crippen LogP contribution in [0.4, 0.5) is 11.4 Å². The van der Waals surface area contributed by atoms with E-state index in [4.69, 9.17) is 9.47 Å². The van der Waals surface area contributed by atoms with E-state index in [1.807, 2.05) is 24.3 Å². The summed E-state index contributed by atoms with van der Waals surface area (Å²) in [4.78, 5) is 29.1. The van der Waals surface area contributed by atoms with Gasteiger partial charge in [0.1, 0.15) is 0 Å². The van der Waals surface area contributed by atoms with Gasteiger partial charge in [-0.2, -0.15) is 0 Å². The van der Waals surface area contributed by atoms with Crippen molar-refractivity contribution < 1.29 is 19.1 Å². The Morgan fingerprint density at radius 1 is 1.13 bits per heavy atom. The van der Waals surface area contributed by atoms with Crippen LogP contribution < -0.4 is 24.6 Å². The number of hydrogen-bond acceptors (Lipinski definition) is 5. The third kappa shape index (κ3) is 5.48. The molecule has 2 amide bonds. The van der Waals surface area contributed by atoms with E-state index in [1.165, 1.54) is 5.69 Å². The van der Waals surface area contributed by atoms with Crippen molar-refractivity contribution in [2.24, 2.45) is 5.92 Å². The van der Waals surface area contributed by atoms with Crippen LogP contribution in [-0.2, 0) is 9.59 Å². The summed E-state index contributed by atoms with van der Waals surface area (Å²) < 4.78 is 10.6. The molecule has 31 heavy (non-hydrogen) atoms. The average molecular weight is 426 g/mol. The van der Waals surface area contributed by atoms with Crippen LogP contribution in [0.1, 0.15) is 19.8 Å². The van der Waals surface area contributed by atoms with Gasteiger partial charge < -0.3 is 24.6 Å². The highest BCUT2D eigenvalue weighted by Gasteiger charge is 2.35. The van der Waals surface area contributed by atoms with Crippen molar-refractivity contribution in [1.82, 2.24) is 5.32 Å². The van der Waals surface area contributed by atoms with Crippen LogP contribution in [0.2, 0.25) is 0 Å². The molecule has 1 heterocycles. The number of carbonyl (C=O) groups excluding carboxylic acids is 2. The predicted molar refractivity (Wildman–Crippen MR) is 122 cm³/mol. The van der Waals surface area contributed by atoms with Crippen LogP contribution in [0.3, 0.4) is 0 Å². The Bertz CT molecular complexity index is 888. The Morgan fingerprint density at radius 3 is 2.55 bits per heavy atom. The number of hydrogen-bond donors (Lipinski definition) is 1. The summed E-state index contributed by atoms with van der Waals surface area (Å²) in [6.45, 7) is 4.85. The fraction of sp³-hybridized carbons (Fsp3) is 0.417. The number of carbonyl (C=O) groups is 2. The summed E-state index contributed by atoms with van der Waals surface area (Å²) in [7, 11) is 3.12. The van der Waals surface area contributed by atoms with E-state index in [1.54, 1.807) is 31.3 Å². The Kier molecular flexibility index (Phi) is 7.76. The SMILES string of the molecule is CCN(CCCNC(=O)C1CC(=O)N(c2ccc(OC)c(OC)c2)C1)c1ccccc1. The lowest BCUT2D eigenvalue weighted by atomic mass is 10.1. The third-order valence-corrected chi connectivity index (χ3v) is 5.58. The molecule has 7 heteroatoms. The molecule has 3 rings (SSSR count). The molecule has 0 spiro atoms. The number of rotatable bonds is 10. The number of methoxy groups -OCH3 is 2. The monoisotopic (exact) mass is 425 g/mol. The largest absolute Gasteiger partial charge is 0.493 e. The lowest BCUT2D eigenvalue weighted by molar-refractivity contribution is -0.126. The van der Waals surface area contributed by atoms with Gasteiger partial charge in [-0.3, -0.25) is 9.59 Å². The lowest BCUT2D eigenvalue weighted by Gasteiger charge is -2.23. The maximum Gasteiger partial charge on any atom is 0.227 e.